The smallest absolute Gasteiger partial charge is 0.313 e. The van der Waals surface area contributed by atoms with Gasteiger partial charge in [-0.25, -0.2) is 9.38 Å². The lowest BCUT2D eigenvalue weighted by molar-refractivity contribution is -0.141. The zero-order valence-electron chi connectivity index (χ0n) is 9.24. The Morgan fingerprint density at radius 3 is 2.88 bits per heavy atom. The van der Waals surface area contributed by atoms with Crippen LogP contribution in [0.15, 0.2) is 27.7 Å². The maximum atomic E-state index is 13.4. The Balaban J connectivity index is 2.77. The molecule has 1 aromatic rings. The van der Waals surface area contributed by atoms with Gasteiger partial charge in [0.2, 0.25) is 0 Å². The van der Waals surface area contributed by atoms with E-state index >= 15 is 0 Å². The molecule has 0 aromatic heterocycles. The number of ether oxygens (including phenoxy) is 1. The fraction of sp³-hybridized carbons (Fsp3) is 0.273. The molecule has 0 atom stereocenters. The lowest BCUT2D eigenvalue weighted by Gasteiger charge is -2.02. The molecule has 0 fully saturated rings. The maximum absolute atomic E-state index is 13.4. The zero-order valence-corrected chi connectivity index (χ0v) is 10.8. The van der Waals surface area contributed by atoms with Gasteiger partial charge in [-0.15, -0.1) is 0 Å². The number of nitrogens with two attached hydrogens (primary N) is 1. The molecule has 0 aliphatic rings. The summed E-state index contributed by atoms with van der Waals surface area (Å²) in [6.07, 6.45) is -0.149. The van der Waals surface area contributed by atoms with Gasteiger partial charge in [0.15, 0.2) is 0 Å². The van der Waals surface area contributed by atoms with Crippen LogP contribution in [0.3, 0.4) is 0 Å². The maximum Gasteiger partial charge on any atom is 0.313 e. The minimum atomic E-state index is -0.508. The van der Waals surface area contributed by atoms with Gasteiger partial charge >= 0.3 is 5.97 Å². The summed E-state index contributed by atoms with van der Waals surface area (Å²) < 4.78 is 18.7. The number of amidine groups is 1. The Labute approximate surface area is 107 Å². The molecule has 0 heterocycles. The van der Waals surface area contributed by atoms with Crippen molar-refractivity contribution in [3.63, 3.8) is 0 Å². The summed E-state index contributed by atoms with van der Waals surface area (Å²) in [5.74, 6) is -0.970. The molecule has 2 N–H and O–H groups in total. The van der Waals surface area contributed by atoms with E-state index in [0.717, 1.165) is 0 Å². The predicted octanol–water partition coefficient (Wildman–Crippen LogP) is 2.53. The normalized spacial score (nSPS) is 11.4. The van der Waals surface area contributed by atoms with E-state index in [-0.39, 0.29) is 24.6 Å². The largest absolute Gasteiger partial charge is 0.466 e. The summed E-state index contributed by atoms with van der Waals surface area (Å²) >= 11 is 3.13. The van der Waals surface area contributed by atoms with Crippen LogP contribution >= 0.6 is 15.9 Å². The van der Waals surface area contributed by atoms with Gasteiger partial charge in [-0.2, -0.15) is 0 Å². The number of carbonyl (C=O) groups is 1. The molecule has 4 nitrogen and oxygen atoms in total. The van der Waals surface area contributed by atoms with Crippen molar-refractivity contribution in [1.82, 2.24) is 0 Å². The standard InChI is InChI=1S/C11H12BrFN2O2/c1-2-17-11(16)6-10(14)15-9-4-3-7(12)5-8(9)13/h3-5H,2,6H2,1H3,(H2,14,15). The Kier molecular flexibility index (Phi) is 5.09. The van der Waals surface area contributed by atoms with Crippen molar-refractivity contribution < 1.29 is 13.9 Å². The number of nitrogens with zero attached hydrogens (tertiary/aromatic N) is 1. The van der Waals surface area contributed by atoms with Gasteiger partial charge in [0, 0.05) is 4.47 Å². The summed E-state index contributed by atoms with van der Waals surface area (Å²) in [6, 6.07) is 4.38. The topological polar surface area (TPSA) is 64.7 Å². The Morgan fingerprint density at radius 1 is 1.59 bits per heavy atom. The highest BCUT2D eigenvalue weighted by molar-refractivity contribution is 9.10. The Bertz CT molecular complexity index is 449. The highest BCUT2D eigenvalue weighted by Gasteiger charge is 2.07. The number of aliphatic imine (C=N–C) groups is 1. The van der Waals surface area contributed by atoms with Crippen molar-refractivity contribution in [3.8, 4) is 0 Å². The third kappa shape index (κ3) is 4.52. The summed E-state index contributed by atoms with van der Waals surface area (Å²) in [5.41, 5.74) is 5.61. The first-order valence-corrected chi connectivity index (χ1v) is 5.76. The molecule has 0 saturated heterocycles. The molecule has 0 saturated carbocycles. The molecule has 0 bridgehead atoms. The first kappa shape index (κ1) is 13.6. The number of hydrogen-bond acceptors (Lipinski definition) is 3. The van der Waals surface area contributed by atoms with Crippen LogP contribution in [0.2, 0.25) is 0 Å². The van der Waals surface area contributed by atoms with E-state index in [1.165, 1.54) is 12.1 Å². The van der Waals surface area contributed by atoms with Gasteiger partial charge in [0.1, 0.15) is 23.8 Å². The van der Waals surface area contributed by atoms with Crippen molar-refractivity contribution in [2.24, 2.45) is 10.7 Å². The van der Waals surface area contributed by atoms with Crippen molar-refractivity contribution in [1.29, 1.82) is 0 Å². The van der Waals surface area contributed by atoms with E-state index in [2.05, 4.69) is 20.9 Å². The lowest BCUT2D eigenvalue weighted by atomic mass is 10.3. The fourth-order valence-corrected chi connectivity index (χ4v) is 1.46. The number of benzene rings is 1. The molecule has 0 amide bonds. The van der Waals surface area contributed by atoms with Crippen molar-refractivity contribution >= 4 is 33.4 Å². The molecule has 17 heavy (non-hydrogen) atoms. The zero-order chi connectivity index (χ0) is 12.8. The average Bonchev–Trinajstić information content (AvgIpc) is 2.22. The fourth-order valence-electron chi connectivity index (χ4n) is 1.13. The molecule has 0 aliphatic carbocycles. The van der Waals surface area contributed by atoms with Gasteiger partial charge in [0.05, 0.1) is 6.61 Å². The third-order valence-corrected chi connectivity index (χ3v) is 2.30. The van der Waals surface area contributed by atoms with Gasteiger partial charge in [-0.1, -0.05) is 15.9 Å². The third-order valence-electron chi connectivity index (χ3n) is 1.80. The van der Waals surface area contributed by atoms with Crippen LogP contribution in [-0.4, -0.2) is 18.4 Å². The van der Waals surface area contributed by atoms with Gasteiger partial charge in [-0.05, 0) is 25.1 Å². The SMILES string of the molecule is CCOC(=O)CC(N)=Nc1ccc(Br)cc1F. The van der Waals surface area contributed by atoms with Crippen molar-refractivity contribution in [2.45, 2.75) is 13.3 Å². The van der Waals surface area contributed by atoms with E-state index < -0.39 is 11.8 Å². The molecular formula is C11H12BrFN2O2. The second-order valence-corrected chi connectivity index (χ2v) is 4.10. The number of esters is 1. The monoisotopic (exact) mass is 302 g/mol. The van der Waals surface area contributed by atoms with E-state index in [1.54, 1.807) is 13.0 Å². The summed E-state index contributed by atoms with van der Waals surface area (Å²) in [6.45, 7) is 1.97. The van der Waals surface area contributed by atoms with Crippen molar-refractivity contribution in [2.75, 3.05) is 6.61 Å². The quantitative estimate of drug-likeness (QED) is 0.528. The molecule has 1 rings (SSSR count). The summed E-state index contributed by atoms with van der Waals surface area (Å²) in [4.78, 5) is 14.9. The first-order valence-electron chi connectivity index (χ1n) is 4.96. The minimum absolute atomic E-state index is 0.0182. The molecule has 0 spiro atoms. The highest BCUT2D eigenvalue weighted by atomic mass is 79.9. The Hall–Kier alpha value is -1.43. The summed E-state index contributed by atoms with van der Waals surface area (Å²) in [5, 5.41) is 0. The predicted molar refractivity (Wildman–Crippen MR) is 66.6 cm³/mol. The van der Waals surface area contributed by atoms with Crippen LogP contribution in [0.1, 0.15) is 13.3 Å². The van der Waals surface area contributed by atoms with Crippen LogP contribution in [0.5, 0.6) is 0 Å². The minimum Gasteiger partial charge on any atom is -0.466 e. The highest BCUT2D eigenvalue weighted by Crippen LogP contribution is 2.21. The van der Waals surface area contributed by atoms with Crippen LogP contribution in [0.4, 0.5) is 10.1 Å². The summed E-state index contributed by atoms with van der Waals surface area (Å²) in [7, 11) is 0. The van der Waals surface area contributed by atoms with Crippen LogP contribution in [-0.2, 0) is 9.53 Å². The molecule has 0 unspecified atom stereocenters. The number of hydrogen-bond donors (Lipinski definition) is 1. The van der Waals surface area contributed by atoms with Crippen LogP contribution in [0.25, 0.3) is 0 Å². The number of rotatable bonds is 4. The lowest BCUT2D eigenvalue weighted by Crippen LogP contribution is -2.18. The van der Waals surface area contributed by atoms with Gasteiger partial charge in [-0.3, -0.25) is 4.79 Å². The van der Waals surface area contributed by atoms with Crippen LogP contribution in [0, 0.1) is 5.82 Å². The number of carbonyl (C=O) groups excluding carboxylic acids is 1. The van der Waals surface area contributed by atoms with E-state index in [9.17, 15) is 9.18 Å². The molecule has 6 heteroatoms. The van der Waals surface area contributed by atoms with E-state index in [1.807, 2.05) is 0 Å². The first-order chi connectivity index (χ1) is 8.02. The second-order valence-electron chi connectivity index (χ2n) is 3.18. The molecule has 1 aromatic carbocycles. The molecule has 0 radical (unpaired) electrons. The Morgan fingerprint density at radius 2 is 2.29 bits per heavy atom. The number of halogens is 2. The average molecular weight is 303 g/mol. The molecular weight excluding hydrogens is 291 g/mol. The molecule has 92 valence electrons. The van der Waals surface area contributed by atoms with E-state index in [0.29, 0.717) is 4.47 Å². The van der Waals surface area contributed by atoms with Gasteiger partial charge in [0.25, 0.3) is 0 Å². The van der Waals surface area contributed by atoms with Crippen molar-refractivity contribution in [3.05, 3.63) is 28.5 Å². The van der Waals surface area contributed by atoms with Crippen LogP contribution < -0.4 is 5.73 Å². The van der Waals surface area contributed by atoms with Gasteiger partial charge < -0.3 is 10.5 Å². The van der Waals surface area contributed by atoms with E-state index in [4.69, 9.17) is 10.5 Å². The molecule has 0 aliphatic heterocycles. The second kappa shape index (κ2) is 6.34.